The average molecular weight is 892 g/mol. The molecule has 2 aromatic carbocycles. The van der Waals surface area contributed by atoms with Crippen molar-refractivity contribution >= 4 is 114 Å². The number of halogens is 4. The molecule has 0 bridgehead atoms. The van der Waals surface area contributed by atoms with Crippen molar-refractivity contribution < 1.29 is 10.2 Å². The molecule has 2 atom stereocenters. The van der Waals surface area contributed by atoms with E-state index in [0.717, 1.165) is 29.8 Å². The van der Waals surface area contributed by atoms with Crippen molar-refractivity contribution in [3.8, 4) is 11.5 Å². The number of benzene rings is 2. The van der Waals surface area contributed by atoms with E-state index in [1.807, 2.05) is 35.7 Å². The predicted molar refractivity (Wildman–Crippen MR) is 165 cm³/mol. The van der Waals surface area contributed by atoms with Crippen molar-refractivity contribution in [2.75, 3.05) is 0 Å². The third-order valence-corrected chi connectivity index (χ3v) is 11.3. The largest absolute Gasteiger partial charge is 0.507 e. The summed E-state index contributed by atoms with van der Waals surface area (Å²) in [7, 11) is 0. The number of hydrogen-bond acceptors (Lipinski definition) is 4. The van der Waals surface area contributed by atoms with Crippen molar-refractivity contribution in [1.29, 1.82) is 0 Å². The third kappa shape index (κ3) is 7.59. The van der Waals surface area contributed by atoms with E-state index in [2.05, 4.69) is 102 Å². The second-order valence-electron chi connectivity index (χ2n) is 7.48. The predicted octanol–water partition coefficient (Wildman–Crippen LogP) is 8.77. The lowest BCUT2D eigenvalue weighted by Crippen LogP contribution is -2.22. The number of thioether (sulfide) groups is 2. The topological polar surface area (TPSA) is 40.5 Å². The summed E-state index contributed by atoms with van der Waals surface area (Å²) >= 11 is 13.1. The quantitative estimate of drug-likeness (QED) is 0.285. The van der Waals surface area contributed by atoms with Gasteiger partial charge in [-0.05, 0) is 127 Å². The second kappa shape index (κ2) is 12.9. The Morgan fingerprint density at radius 1 is 0.667 bits per heavy atom. The van der Waals surface area contributed by atoms with Gasteiger partial charge in [0.15, 0.2) is 0 Å². The third-order valence-electron chi connectivity index (χ3n) is 5.26. The van der Waals surface area contributed by atoms with Crippen LogP contribution in [0.15, 0.2) is 24.3 Å². The molecule has 0 spiro atoms. The molecule has 0 amide bonds. The molecule has 164 valence electrons. The van der Waals surface area contributed by atoms with Gasteiger partial charge in [-0.2, -0.15) is 23.5 Å². The van der Waals surface area contributed by atoms with E-state index in [4.69, 9.17) is 0 Å². The van der Waals surface area contributed by atoms with Gasteiger partial charge in [-0.25, -0.2) is 0 Å². The first-order valence-corrected chi connectivity index (χ1v) is 16.3. The van der Waals surface area contributed by atoms with Crippen LogP contribution in [0.2, 0.25) is 0 Å². The fraction of sp³-hybridized carbons (Fsp3) is 0.455. The SMILES string of the molecule is Oc1c(I)cc(I)cc1CSC1CCCCCC[C@@H]1SCc1cc(I)cc(I)c1O. The van der Waals surface area contributed by atoms with Gasteiger partial charge in [0.1, 0.15) is 11.5 Å². The maximum Gasteiger partial charge on any atom is 0.132 e. The minimum Gasteiger partial charge on any atom is -0.507 e. The van der Waals surface area contributed by atoms with Crippen LogP contribution in [0.1, 0.15) is 49.7 Å². The van der Waals surface area contributed by atoms with E-state index in [0.29, 0.717) is 22.0 Å². The van der Waals surface area contributed by atoms with Gasteiger partial charge >= 0.3 is 0 Å². The molecule has 1 aliphatic carbocycles. The summed E-state index contributed by atoms with van der Waals surface area (Å²) in [6, 6.07) is 8.27. The lowest BCUT2D eigenvalue weighted by atomic mass is 10.00. The number of phenols is 2. The van der Waals surface area contributed by atoms with Gasteiger partial charge in [0, 0.05) is 40.3 Å². The molecular formula is C22H24I4O2S2. The van der Waals surface area contributed by atoms with Crippen LogP contribution in [0.25, 0.3) is 0 Å². The van der Waals surface area contributed by atoms with Crippen LogP contribution in [0.3, 0.4) is 0 Å². The van der Waals surface area contributed by atoms with Gasteiger partial charge in [-0.15, -0.1) is 0 Å². The molecule has 2 aromatic rings. The van der Waals surface area contributed by atoms with Gasteiger partial charge in [-0.3, -0.25) is 0 Å². The molecule has 1 saturated carbocycles. The van der Waals surface area contributed by atoms with Crippen LogP contribution in [-0.4, -0.2) is 20.7 Å². The first-order chi connectivity index (χ1) is 14.3. The number of aromatic hydroxyl groups is 2. The fourth-order valence-corrected chi connectivity index (χ4v) is 10.6. The molecule has 0 saturated heterocycles. The van der Waals surface area contributed by atoms with Crippen molar-refractivity contribution in [2.24, 2.45) is 0 Å². The summed E-state index contributed by atoms with van der Waals surface area (Å²) in [6.07, 6.45) is 7.71. The molecule has 0 aliphatic heterocycles. The summed E-state index contributed by atoms with van der Waals surface area (Å²) in [5, 5.41) is 22.1. The molecule has 2 nitrogen and oxygen atoms in total. The zero-order valence-electron chi connectivity index (χ0n) is 16.3. The van der Waals surface area contributed by atoms with Crippen LogP contribution in [-0.2, 0) is 11.5 Å². The van der Waals surface area contributed by atoms with Gasteiger partial charge in [-0.1, -0.05) is 25.7 Å². The Kier molecular flexibility index (Phi) is 11.3. The molecule has 1 unspecified atom stereocenters. The lowest BCUT2D eigenvalue weighted by molar-refractivity contribution is 0.466. The van der Waals surface area contributed by atoms with E-state index < -0.39 is 0 Å². The smallest absolute Gasteiger partial charge is 0.132 e. The molecule has 8 heteroatoms. The fourth-order valence-electron chi connectivity index (χ4n) is 3.65. The van der Waals surface area contributed by atoms with Crippen LogP contribution in [0.5, 0.6) is 11.5 Å². The zero-order chi connectivity index (χ0) is 21.7. The van der Waals surface area contributed by atoms with Crippen molar-refractivity contribution in [2.45, 2.75) is 60.5 Å². The highest BCUT2D eigenvalue weighted by molar-refractivity contribution is 14.1. The van der Waals surface area contributed by atoms with E-state index in [1.165, 1.54) is 45.7 Å². The van der Waals surface area contributed by atoms with E-state index in [-0.39, 0.29) is 0 Å². The van der Waals surface area contributed by atoms with Crippen molar-refractivity contribution in [1.82, 2.24) is 0 Å². The zero-order valence-corrected chi connectivity index (χ0v) is 26.6. The molecule has 30 heavy (non-hydrogen) atoms. The second-order valence-corrected chi connectivity index (χ2v) is 14.8. The van der Waals surface area contributed by atoms with E-state index in [1.54, 1.807) is 0 Å². The summed E-state index contributed by atoms with van der Waals surface area (Å²) in [6.45, 7) is 0. The monoisotopic (exact) mass is 892 g/mol. The highest BCUT2D eigenvalue weighted by atomic mass is 127. The molecule has 2 N–H and O–H groups in total. The summed E-state index contributed by atoms with van der Waals surface area (Å²) in [5.41, 5.74) is 2.10. The highest BCUT2D eigenvalue weighted by Crippen LogP contribution is 2.40. The number of hydrogen-bond donors (Lipinski definition) is 2. The van der Waals surface area contributed by atoms with Gasteiger partial charge < -0.3 is 10.2 Å². The minimum absolute atomic E-state index is 0.442. The first kappa shape index (κ1) is 26.3. The van der Waals surface area contributed by atoms with Crippen molar-refractivity contribution in [3.05, 3.63) is 49.7 Å². The Morgan fingerprint density at radius 2 is 1.07 bits per heavy atom. The first-order valence-electron chi connectivity index (χ1n) is 9.92. The standard InChI is InChI=1S/C22H24I4O2S2/c23-15-7-13(21(27)17(25)9-15)11-29-19-5-3-1-2-4-6-20(19)30-12-14-8-16(24)10-18(26)22(14)28/h7-10,19-20,27-28H,1-6,11-12H2/t19-,20?/m0/s1. The maximum absolute atomic E-state index is 10.5. The Labute approximate surface area is 242 Å². The van der Waals surface area contributed by atoms with Crippen LogP contribution in [0.4, 0.5) is 0 Å². The summed E-state index contributed by atoms with van der Waals surface area (Å²) < 4.78 is 4.22. The molecule has 0 aromatic heterocycles. The molecule has 0 radical (unpaired) electrons. The van der Waals surface area contributed by atoms with Gasteiger partial charge in [0.05, 0.1) is 7.14 Å². The Hall–Kier alpha value is 1.66. The van der Waals surface area contributed by atoms with E-state index in [9.17, 15) is 10.2 Å². The van der Waals surface area contributed by atoms with Gasteiger partial charge in [0.25, 0.3) is 0 Å². The van der Waals surface area contributed by atoms with E-state index >= 15 is 0 Å². The molecular weight excluding hydrogens is 868 g/mol. The van der Waals surface area contributed by atoms with Gasteiger partial charge in [0.2, 0.25) is 0 Å². The Balaban J connectivity index is 1.70. The normalized spacial score (nSPS) is 20.0. The molecule has 3 rings (SSSR count). The van der Waals surface area contributed by atoms with Crippen LogP contribution in [0, 0.1) is 14.3 Å². The number of phenolic OH excluding ortho intramolecular Hbond substituents is 2. The summed E-state index contributed by atoms with van der Waals surface area (Å²) in [4.78, 5) is 0. The Bertz CT molecular complexity index is 807. The highest BCUT2D eigenvalue weighted by Gasteiger charge is 2.25. The van der Waals surface area contributed by atoms with Crippen LogP contribution < -0.4 is 0 Å². The Morgan fingerprint density at radius 3 is 1.47 bits per heavy atom. The molecule has 1 fully saturated rings. The maximum atomic E-state index is 10.5. The molecule has 1 aliphatic rings. The minimum atomic E-state index is 0.442. The van der Waals surface area contributed by atoms with Crippen molar-refractivity contribution in [3.63, 3.8) is 0 Å². The number of rotatable bonds is 6. The average Bonchev–Trinajstić information content (AvgIpc) is 2.67. The van der Waals surface area contributed by atoms with Crippen LogP contribution >= 0.6 is 114 Å². The molecule has 0 heterocycles. The lowest BCUT2D eigenvalue weighted by Gasteiger charge is -2.29. The summed E-state index contributed by atoms with van der Waals surface area (Å²) in [5.74, 6) is 2.59.